The summed E-state index contributed by atoms with van der Waals surface area (Å²) in [7, 11) is 1.31. The third-order valence-corrected chi connectivity index (χ3v) is 5.85. The van der Waals surface area contributed by atoms with Gasteiger partial charge < -0.3 is 18.6 Å². The van der Waals surface area contributed by atoms with Gasteiger partial charge in [-0.05, 0) is 56.7 Å². The van der Waals surface area contributed by atoms with Crippen LogP contribution in [0.15, 0.2) is 51.6 Å². The zero-order valence-electron chi connectivity index (χ0n) is 18.5. The number of aromatic nitrogens is 1. The fourth-order valence-corrected chi connectivity index (χ4v) is 4.31. The Kier molecular flexibility index (Phi) is 7.35. The second-order valence-corrected chi connectivity index (χ2v) is 8.26. The Morgan fingerprint density at radius 1 is 1.16 bits per heavy atom. The molecule has 32 heavy (non-hydrogen) atoms. The molecule has 0 N–H and O–H groups in total. The van der Waals surface area contributed by atoms with Gasteiger partial charge in [-0.15, -0.1) is 0 Å². The number of ether oxygens (including phenoxy) is 1. The number of rotatable bonds is 8. The number of carbonyl (C=O) groups excluding carboxylic acids is 3. The van der Waals surface area contributed by atoms with E-state index < -0.39 is 5.97 Å². The predicted octanol–water partition coefficient (Wildman–Crippen LogP) is 4.79. The summed E-state index contributed by atoms with van der Waals surface area (Å²) in [5, 5.41) is 0. The first kappa shape index (κ1) is 23.5. The smallest absolute Gasteiger partial charge is 0.354 e. The molecule has 0 spiro atoms. The molecule has 0 saturated carbocycles. The molecule has 2 heterocycles. The predicted molar refractivity (Wildman–Crippen MR) is 123 cm³/mol. The maximum atomic E-state index is 13.4. The Morgan fingerprint density at radius 3 is 2.50 bits per heavy atom. The highest BCUT2D eigenvalue weighted by molar-refractivity contribution is 9.10. The molecule has 0 atom stereocenters. The van der Waals surface area contributed by atoms with E-state index in [-0.39, 0.29) is 24.8 Å². The van der Waals surface area contributed by atoms with Gasteiger partial charge in [-0.3, -0.25) is 9.59 Å². The van der Waals surface area contributed by atoms with E-state index in [1.165, 1.54) is 18.3 Å². The van der Waals surface area contributed by atoms with Crippen molar-refractivity contribution in [3.05, 3.63) is 81.0 Å². The van der Waals surface area contributed by atoms with Gasteiger partial charge in [0.25, 0.3) is 5.91 Å². The normalized spacial score (nSPS) is 10.8. The molecule has 3 rings (SSSR count). The molecular weight excluding hydrogens is 476 g/mol. The van der Waals surface area contributed by atoms with E-state index in [0.29, 0.717) is 40.4 Å². The van der Waals surface area contributed by atoms with Crippen LogP contribution in [0.5, 0.6) is 0 Å². The minimum atomic E-state index is -0.496. The fourth-order valence-electron chi connectivity index (χ4n) is 3.91. The van der Waals surface area contributed by atoms with Crippen molar-refractivity contribution in [3.8, 4) is 0 Å². The van der Waals surface area contributed by atoms with Gasteiger partial charge in [0.05, 0.1) is 26.5 Å². The van der Waals surface area contributed by atoms with Crippen molar-refractivity contribution in [1.82, 2.24) is 9.47 Å². The Bertz CT molecular complexity index is 1150. The summed E-state index contributed by atoms with van der Waals surface area (Å²) in [5.74, 6) is -0.484. The van der Waals surface area contributed by atoms with Crippen LogP contribution in [-0.2, 0) is 17.8 Å². The van der Waals surface area contributed by atoms with Crippen molar-refractivity contribution in [1.29, 1.82) is 0 Å². The van der Waals surface area contributed by atoms with E-state index in [1.807, 2.05) is 13.0 Å². The number of furan rings is 1. The molecule has 8 heteroatoms. The number of benzene rings is 1. The minimum absolute atomic E-state index is 0.139. The number of esters is 1. The monoisotopic (exact) mass is 500 g/mol. The molecule has 1 aromatic carbocycles. The largest absolute Gasteiger partial charge is 0.467 e. The van der Waals surface area contributed by atoms with Crippen LogP contribution in [-0.4, -0.2) is 40.8 Å². The van der Waals surface area contributed by atoms with Gasteiger partial charge in [-0.1, -0.05) is 22.0 Å². The summed E-state index contributed by atoms with van der Waals surface area (Å²) in [6.07, 6.45) is 1.53. The minimum Gasteiger partial charge on any atom is -0.467 e. The SMILES string of the molecule is CCn1c(C)c(C(=O)CN(Cc2ccco2)C(=O)c2cccc(Br)c2)c(C)c1C(=O)OC. The van der Waals surface area contributed by atoms with Crippen LogP contribution in [0, 0.1) is 13.8 Å². The second-order valence-electron chi connectivity index (χ2n) is 7.34. The zero-order chi connectivity index (χ0) is 23.4. The van der Waals surface area contributed by atoms with Gasteiger partial charge in [0.2, 0.25) is 0 Å². The third-order valence-electron chi connectivity index (χ3n) is 5.36. The molecule has 1 amide bonds. The van der Waals surface area contributed by atoms with Gasteiger partial charge >= 0.3 is 5.97 Å². The summed E-state index contributed by atoms with van der Waals surface area (Å²) < 4.78 is 12.9. The summed E-state index contributed by atoms with van der Waals surface area (Å²) in [5.41, 5.74) is 2.45. The first-order chi connectivity index (χ1) is 15.3. The molecule has 0 aliphatic heterocycles. The van der Waals surface area contributed by atoms with Crippen LogP contribution in [0.4, 0.5) is 0 Å². The van der Waals surface area contributed by atoms with Crippen LogP contribution in [0.1, 0.15) is 55.1 Å². The van der Waals surface area contributed by atoms with Gasteiger partial charge in [0, 0.05) is 27.8 Å². The summed E-state index contributed by atoms with van der Waals surface area (Å²) in [4.78, 5) is 40.5. The maximum absolute atomic E-state index is 13.4. The molecule has 3 aromatic rings. The fraction of sp³-hybridized carbons (Fsp3) is 0.292. The van der Waals surface area contributed by atoms with Gasteiger partial charge in [0.15, 0.2) is 5.78 Å². The number of amides is 1. The molecule has 168 valence electrons. The topological polar surface area (TPSA) is 81.8 Å². The molecule has 0 bridgehead atoms. The van der Waals surface area contributed by atoms with Crippen molar-refractivity contribution in [2.24, 2.45) is 0 Å². The van der Waals surface area contributed by atoms with Gasteiger partial charge in [-0.2, -0.15) is 0 Å². The molecule has 7 nitrogen and oxygen atoms in total. The number of nitrogens with zero attached hydrogens (tertiary/aromatic N) is 2. The van der Waals surface area contributed by atoms with Gasteiger partial charge in [0.1, 0.15) is 11.5 Å². The Labute approximate surface area is 195 Å². The highest BCUT2D eigenvalue weighted by Gasteiger charge is 2.29. The van der Waals surface area contributed by atoms with Crippen molar-refractivity contribution < 1.29 is 23.5 Å². The van der Waals surface area contributed by atoms with Crippen LogP contribution < -0.4 is 0 Å². The van der Waals surface area contributed by atoms with Crippen LogP contribution in [0.3, 0.4) is 0 Å². The van der Waals surface area contributed by atoms with Crippen molar-refractivity contribution in [2.45, 2.75) is 33.9 Å². The van der Waals surface area contributed by atoms with Crippen molar-refractivity contribution in [2.75, 3.05) is 13.7 Å². The first-order valence-corrected chi connectivity index (χ1v) is 11.0. The number of hydrogen-bond donors (Lipinski definition) is 0. The lowest BCUT2D eigenvalue weighted by atomic mass is 10.0. The number of carbonyl (C=O) groups is 3. The molecular formula is C24H25BrN2O5. The average Bonchev–Trinajstić information content (AvgIpc) is 3.37. The van der Waals surface area contributed by atoms with Crippen LogP contribution in [0.25, 0.3) is 0 Å². The Morgan fingerprint density at radius 2 is 1.91 bits per heavy atom. The van der Waals surface area contributed by atoms with E-state index in [1.54, 1.807) is 48.7 Å². The van der Waals surface area contributed by atoms with Crippen molar-refractivity contribution in [3.63, 3.8) is 0 Å². The van der Waals surface area contributed by atoms with Crippen LogP contribution >= 0.6 is 15.9 Å². The number of methoxy groups -OCH3 is 1. The van der Waals surface area contributed by atoms with Gasteiger partial charge in [-0.25, -0.2) is 4.79 Å². The average molecular weight is 501 g/mol. The lowest BCUT2D eigenvalue weighted by Crippen LogP contribution is -2.35. The Hall–Kier alpha value is -3.13. The standard InChI is InChI=1S/C24H25BrN2O5/c1-5-27-16(3)21(15(2)22(27)24(30)31-4)20(28)14-26(13-19-10-7-11-32-19)23(29)17-8-6-9-18(25)12-17/h6-12H,5,13-14H2,1-4H3. The van der Waals surface area contributed by atoms with E-state index in [2.05, 4.69) is 15.9 Å². The summed E-state index contributed by atoms with van der Waals surface area (Å²) in [6, 6.07) is 10.5. The zero-order valence-corrected chi connectivity index (χ0v) is 20.1. The molecule has 0 saturated heterocycles. The molecule has 0 fully saturated rings. The first-order valence-electron chi connectivity index (χ1n) is 10.2. The van der Waals surface area contributed by atoms with E-state index in [4.69, 9.17) is 9.15 Å². The lowest BCUT2D eigenvalue weighted by molar-refractivity contribution is 0.0587. The van der Waals surface area contributed by atoms with E-state index in [0.717, 1.165) is 4.47 Å². The number of halogens is 1. The van der Waals surface area contributed by atoms with E-state index in [9.17, 15) is 14.4 Å². The molecule has 0 radical (unpaired) electrons. The number of Topliss-reactive ketones (excluding diaryl/α,β-unsaturated/α-hetero) is 1. The Balaban J connectivity index is 1.98. The molecule has 0 aliphatic carbocycles. The summed E-state index contributed by atoms with van der Waals surface area (Å²) >= 11 is 3.38. The molecule has 0 unspecified atom stereocenters. The number of hydrogen-bond acceptors (Lipinski definition) is 5. The quantitative estimate of drug-likeness (QED) is 0.328. The third kappa shape index (κ3) is 4.70. The molecule has 2 aromatic heterocycles. The second kappa shape index (κ2) is 9.99. The molecule has 0 aliphatic rings. The van der Waals surface area contributed by atoms with Crippen LogP contribution in [0.2, 0.25) is 0 Å². The number of ketones is 1. The maximum Gasteiger partial charge on any atom is 0.354 e. The lowest BCUT2D eigenvalue weighted by Gasteiger charge is -2.21. The highest BCUT2D eigenvalue weighted by atomic mass is 79.9. The van der Waals surface area contributed by atoms with Crippen molar-refractivity contribution >= 4 is 33.6 Å². The van der Waals surface area contributed by atoms with E-state index >= 15 is 0 Å². The highest BCUT2D eigenvalue weighted by Crippen LogP contribution is 2.25. The summed E-state index contributed by atoms with van der Waals surface area (Å²) in [6.45, 7) is 5.90.